The number of fused-ring (bicyclic) bond motifs is 2. The van der Waals surface area contributed by atoms with Crippen LogP contribution in [0.2, 0.25) is 0 Å². The molecule has 2 aliphatic carbocycles. The molecule has 4 atom stereocenters. The van der Waals surface area contributed by atoms with Crippen molar-refractivity contribution < 1.29 is 4.79 Å². The number of piperidine rings is 1. The lowest BCUT2D eigenvalue weighted by Gasteiger charge is -2.44. The van der Waals surface area contributed by atoms with E-state index in [1.165, 1.54) is 24.8 Å². The molecular formula is C23H37Cl2N3O. The predicted molar refractivity (Wildman–Crippen MR) is 124 cm³/mol. The average Bonchev–Trinajstić information content (AvgIpc) is 2.64. The van der Waals surface area contributed by atoms with Gasteiger partial charge in [-0.15, -0.1) is 24.8 Å². The highest BCUT2D eigenvalue weighted by molar-refractivity contribution is 5.85. The van der Waals surface area contributed by atoms with Gasteiger partial charge in [0.25, 0.3) is 0 Å². The summed E-state index contributed by atoms with van der Waals surface area (Å²) in [6, 6.07) is 11.9. The van der Waals surface area contributed by atoms with Crippen LogP contribution in [0.4, 0.5) is 0 Å². The molecular weight excluding hydrogens is 405 g/mol. The Kier molecular flexibility index (Phi) is 9.27. The lowest BCUT2D eigenvalue weighted by Crippen LogP contribution is -2.52. The van der Waals surface area contributed by atoms with Crippen LogP contribution in [0.15, 0.2) is 30.3 Å². The molecule has 3 aliphatic rings. The third-order valence-electron chi connectivity index (χ3n) is 7.37. The number of likely N-dealkylation sites (tertiary alicyclic amines) is 1. The van der Waals surface area contributed by atoms with Gasteiger partial charge in [0, 0.05) is 37.1 Å². The molecule has 4 nitrogen and oxygen atoms in total. The highest BCUT2D eigenvalue weighted by atomic mass is 35.5. The van der Waals surface area contributed by atoms with Crippen LogP contribution in [0.3, 0.4) is 0 Å². The van der Waals surface area contributed by atoms with Crippen molar-refractivity contribution in [3.8, 4) is 0 Å². The number of hydrogen-bond donors (Lipinski definition) is 2. The largest absolute Gasteiger partial charge is 0.353 e. The monoisotopic (exact) mass is 441 g/mol. The first-order valence-corrected chi connectivity index (χ1v) is 10.9. The van der Waals surface area contributed by atoms with E-state index in [9.17, 15) is 4.79 Å². The summed E-state index contributed by atoms with van der Waals surface area (Å²) in [5.74, 6) is 1.63. The zero-order valence-corrected chi connectivity index (χ0v) is 19.1. The van der Waals surface area contributed by atoms with Gasteiger partial charge in [-0.05, 0) is 62.8 Å². The molecule has 2 bridgehead atoms. The topological polar surface area (TPSA) is 58.4 Å². The number of nitrogens with one attached hydrogen (secondary N) is 1. The number of amides is 1. The summed E-state index contributed by atoms with van der Waals surface area (Å²) in [7, 11) is 0. The maximum atomic E-state index is 12.9. The Labute approximate surface area is 188 Å². The lowest BCUT2D eigenvalue weighted by atomic mass is 9.65. The first kappa shape index (κ1) is 24.5. The molecule has 29 heavy (non-hydrogen) atoms. The fourth-order valence-corrected chi connectivity index (χ4v) is 5.73. The number of rotatable bonds is 4. The molecule has 3 N–H and O–H groups in total. The summed E-state index contributed by atoms with van der Waals surface area (Å²) < 4.78 is 0. The van der Waals surface area contributed by atoms with Crippen LogP contribution >= 0.6 is 24.8 Å². The third-order valence-corrected chi connectivity index (χ3v) is 7.37. The SMILES string of the molecule is CC1CC(NC(=O)C2CC3CCCC(C2)C3N)CCN1Cc1ccccc1.Cl.Cl. The van der Waals surface area contributed by atoms with Crippen molar-refractivity contribution in [1.29, 1.82) is 0 Å². The molecule has 4 unspecified atom stereocenters. The van der Waals surface area contributed by atoms with Crippen molar-refractivity contribution in [2.75, 3.05) is 6.54 Å². The molecule has 4 rings (SSSR count). The van der Waals surface area contributed by atoms with Gasteiger partial charge in [0.15, 0.2) is 0 Å². The van der Waals surface area contributed by atoms with Gasteiger partial charge in [-0.3, -0.25) is 9.69 Å². The quantitative estimate of drug-likeness (QED) is 0.737. The molecule has 6 heteroatoms. The fraction of sp³-hybridized carbons (Fsp3) is 0.696. The molecule has 0 spiro atoms. The summed E-state index contributed by atoms with van der Waals surface area (Å²) in [5.41, 5.74) is 7.76. The summed E-state index contributed by atoms with van der Waals surface area (Å²) in [6.45, 7) is 4.36. The van der Waals surface area contributed by atoms with E-state index in [-0.39, 0.29) is 30.7 Å². The van der Waals surface area contributed by atoms with E-state index in [1.807, 2.05) is 0 Å². The highest BCUT2D eigenvalue weighted by Gasteiger charge is 2.41. The fourth-order valence-electron chi connectivity index (χ4n) is 5.73. The van der Waals surface area contributed by atoms with Gasteiger partial charge < -0.3 is 11.1 Å². The van der Waals surface area contributed by atoms with E-state index in [1.54, 1.807) is 0 Å². The molecule has 1 aromatic carbocycles. The number of halogens is 2. The summed E-state index contributed by atoms with van der Waals surface area (Å²) in [5, 5.41) is 3.40. The Morgan fingerprint density at radius 2 is 1.72 bits per heavy atom. The molecule has 1 aromatic rings. The third kappa shape index (κ3) is 5.88. The van der Waals surface area contributed by atoms with Crippen LogP contribution in [-0.4, -0.2) is 35.5 Å². The minimum Gasteiger partial charge on any atom is -0.353 e. The van der Waals surface area contributed by atoms with Crippen LogP contribution in [0.1, 0.15) is 57.4 Å². The van der Waals surface area contributed by atoms with E-state index in [0.29, 0.717) is 35.9 Å². The van der Waals surface area contributed by atoms with Gasteiger partial charge in [-0.1, -0.05) is 36.8 Å². The number of carbonyl (C=O) groups excluding carboxylic acids is 1. The van der Waals surface area contributed by atoms with Crippen molar-refractivity contribution in [3.63, 3.8) is 0 Å². The molecule has 1 aliphatic heterocycles. The molecule has 3 fully saturated rings. The molecule has 1 amide bonds. The second-order valence-corrected chi connectivity index (χ2v) is 9.23. The number of hydrogen-bond acceptors (Lipinski definition) is 3. The standard InChI is InChI=1S/C23H35N3O.2ClH/c1-16-12-21(10-11-26(16)15-17-6-3-2-4-7-17)25-23(27)20-13-18-8-5-9-19(14-20)22(18)24;;/h2-4,6-7,16,18-22H,5,8-15,24H2,1H3,(H,25,27);2*1H. The maximum Gasteiger partial charge on any atom is 0.223 e. The van der Waals surface area contributed by atoms with Crippen molar-refractivity contribution in [2.45, 2.75) is 76.5 Å². The summed E-state index contributed by atoms with van der Waals surface area (Å²) in [4.78, 5) is 15.5. The van der Waals surface area contributed by atoms with Crippen LogP contribution < -0.4 is 11.1 Å². The molecule has 1 heterocycles. The molecule has 1 saturated heterocycles. The van der Waals surface area contributed by atoms with Crippen molar-refractivity contribution >= 4 is 30.7 Å². The minimum absolute atomic E-state index is 0. The molecule has 0 radical (unpaired) electrons. The number of nitrogens with zero attached hydrogens (tertiary/aromatic N) is 1. The Bertz CT molecular complexity index is 630. The van der Waals surface area contributed by atoms with E-state index in [2.05, 4.69) is 47.5 Å². The van der Waals surface area contributed by atoms with Crippen molar-refractivity contribution in [2.24, 2.45) is 23.5 Å². The Morgan fingerprint density at radius 1 is 1.07 bits per heavy atom. The van der Waals surface area contributed by atoms with Gasteiger partial charge in [0.2, 0.25) is 5.91 Å². The van der Waals surface area contributed by atoms with Crippen LogP contribution in [0.5, 0.6) is 0 Å². The smallest absolute Gasteiger partial charge is 0.223 e. The van der Waals surface area contributed by atoms with Gasteiger partial charge in [-0.2, -0.15) is 0 Å². The predicted octanol–water partition coefficient (Wildman–Crippen LogP) is 4.15. The summed E-state index contributed by atoms with van der Waals surface area (Å²) >= 11 is 0. The first-order chi connectivity index (χ1) is 13.1. The van der Waals surface area contributed by atoms with E-state index < -0.39 is 0 Å². The normalized spacial score (nSPS) is 34.4. The van der Waals surface area contributed by atoms with Gasteiger partial charge >= 0.3 is 0 Å². The van der Waals surface area contributed by atoms with E-state index in [0.717, 1.165) is 38.8 Å². The average molecular weight is 442 g/mol. The molecule has 164 valence electrons. The number of nitrogens with two attached hydrogens (primary N) is 1. The zero-order chi connectivity index (χ0) is 18.8. The van der Waals surface area contributed by atoms with Gasteiger partial charge in [-0.25, -0.2) is 0 Å². The van der Waals surface area contributed by atoms with E-state index >= 15 is 0 Å². The second kappa shape index (κ2) is 11.0. The van der Waals surface area contributed by atoms with E-state index in [4.69, 9.17) is 5.73 Å². The van der Waals surface area contributed by atoms with Crippen LogP contribution in [0, 0.1) is 17.8 Å². The Balaban J connectivity index is 0.00000150. The maximum absolute atomic E-state index is 12.9. The van der Waals surface area contributed by atoms with Crippen molar-refractivity contribution in [3.05, 3.63) is 35.9 Å². The molecule has 2 saturated carbocycles. The van der Waals surface area contributed by atoms with Gasteiger partial charge in [0.1, 0.15) is 0 Å². The highest BCUT2D eigenvalue weighted by Crippen LogP contribution is 2.42. The molecule has 0 aromatic heterocycles. The Morgan fingerprint density at radius 3 is 2.34 bits per heavy atom. The lowest BCUT2D eigenvalue weighted by molar-refractivity contribution is -0.129. The first-order valence-electron chi connectivity index (χ1n) is 10.9. The van der Waals surface area contributed by atoms with Gasteiger partial charge in [0.05, 0.1) is 0 Å². The second-order valence-electron chi connectivity index (χ2n) is 9.23. The number of benzene rings is 1. The number of carbonyl (C=O) groups is 1. The summed E-state index contributed by atoms with van der Waals surface area (Å²) in [6.07, 6.45) is 7.86. The van der Waals surface area contributed by atoms with Crippen LogP contribution in [0.25, 0.3) is 0 Å². The van der Waals surface area contributed by atoms with Crippen LogP contribution in [-0.2, 0) is 11.3 Å². The van der Waals surface area contributed by atoms with Crippen molar-refractivity contribution in [1.82, 2.24) is 10.2 Å². The zero-order valence-electron chi connectivity index (χ0n) is 17.5. The minimum atomic E-state index is 0. The Hall–Kier alpha value is -0.810.